The van der Waals surface area contributed by atoms with E-state index in [-0.39, 0.29) is 19.2 Å². The van der Waals surface area contributed by atoms with Gasteiger partial charge in [0, 0.05) is 19.8 Å². The van der Waals surface area contributed by atoms with Crippen LogP contribution in [0.5, 0.6) is 0 Å². The lowest BCUT2D eigenvalue weighted by Gasteiger charge is -2.26. The van der Waals surface area contributed by atoms with Gasteiger partial charge in [-0.2, -0.15) is 0 Å². The van der Waals surface area contributed by atoms with Gasteiger partial charge in [0.15, 0.2) is 0 Å². The van der Waals surface area contributed by atoms with Crippen LogP contribution in [0.1, 0.15) is 19.8 Å². The van der Waals surface area contributed by atoms with E-state index in [1.807, 2.05) is 0 Å². The second-order valence-corrected chi connectivity index (χ2v) is 5.70. The number of amides is 2. The zero-order valence-electron chi connectivity index (χ0n) is 11.7. The van der Waals surface area contributed by atoms with Crippen molar-refractivity contribution in [3.05, 3.63) is 0 Å². The molecule has 0 aromatic heterocycles. The van der Waals surface area contributed by atoms with E-state index in [1.165, 1.54) is 0 Å². The quantitative estimate of drug-likeness (QED) is 0.686. The first-order valence-electron chi connectivity index (χ1n) is 6.95. The van der Waals surface area contributed by atoms with Crippen molar-refractivity contribution in [2.24, 2.45) is 11.3 Å². The van der Waals surface area contributed by atoms with Crippen LogP contribution in [0, 0.1) is 11.3 Å². The van der Waals surface area contributed by atoms with Gasteiger partial charge in [0.05, 0.1) is 19.3 Å². The molecule has 2 unspecified atom stereocenters. The first kappa shape index (κ1) is 15.1. The summed E-state index contributed by atoms with van der Waals surface area (Å²) in [6, 6.07) is -0.839. The van der Waals surface area contributed by atoms with Crippen LogP contribution in [-0.4, -0.2) is 56.1 Å². The highest BCUT2D eigenvalue weighted by Gasteiger charge is 2.47. The Labute approximate surface area is 118 Å². The average molecular weight is 286 g/mol. The Morgan fingerprint density at radius 1 is 1.30 bits per heavy atom. The van der Waals surface area contributed by atoms with Crippen LogP contribution in [-0.2, 0) is 14.3 Å². The maximum Gasteiger partial charge on any atom is 0.315 e. The summed E-state index contributed by atoms with van der Waals surface area (Å²) < 4.78 is 10.4. The van der Waals surface area contributed by atoms with Gasteiger partial charge >= 0.3 is 12.0 Å². The number of ether oxygens (including phenoxy) is 2. The summed E-state index contributed by atoms with van der Waals surface area (Å²) in [6.07, 6.45) is 1.89. The monoisotopic (exact) mass is 286 g/mol. The molecule has 7 heteroatoms. The SMILES string of the molecule is CC1(C(=O)O)COCC1NC(=O)NCC1CCOCC1. The lowest BCUT2D eigenvalue weighted by Crippen LogP contribution is -2.53. The molecule has 0 saturated carbocycles. The third-order valence-corrected chi connectivity index (χ3v) is 4.14. The normalized spacial score (nSPS) is 30.9. The number of hydrogen-bond acceptors (Lipinski definition) is 4. The van der Waals surface area contributed by atoms with E-state index >= 15 is 0 Å². The van der Waals surface area contributed by atoms with E-state index in [9.17, 15) is 14.7 Å². The minimum absolute atomic E-state index is 0.118. The third kappa shape index (κ3) is 3.40. The molecule has 0 spiro atoms. The Morgan fingerprint density at radius 2 is 2.00 bits per heavy atom. The molecule has 0 radical (unpaired) electrons. The molecule has 2 aliphatic rings. The largest absolute Gasteiger partial charge is 0.481 e. The molecular formula is C13H22N2O5. The lowest BCUT2D eigenvalue weighted by atomic mass is 9.85. The number of aliphatic carboxylic acids is 1. The zero-order valence-corrected chi connectivity index (χ0v) is 11.7. The molecular weight excluding hydrogens is 264 g/mol. The molecule has 0 aromatic carbocycles. The number of rotatable bonds is 4. The molecule has 2 fully saturated rings. The lowest BCUT2D eigenvalue weighted by molar-refractivity contribution is -0.148. The van der Waals surface area contributed by atoms with E-state index in [1.54, 1.807) is 6.92 Å². The topological polar surface area (TPSA) is 96.9 Å². The summed E-state index contributed by atoms with van der Waals surface area (Å²) in [7, 11) is 0. The molecule has 2 rings (SSSR count). The molecule has 3 N–H and O–H groups in total. The number of carbonyl (C=O) groups is 2. The summed E-state index contributed by atoms with van der Waals surface area (Å²) >= 11 is 0. The maximum atomic E-state index is 11.9. The fourth-order valence-corrected chi connectivity index (χ4v) is 2.48. The Bertz CT molecular complexity index is 370. The van der Waals surface area contributed by atoms with Gasteiger partial charge in [-0.3, -0.25) is 4.79 Å². The second kappa shape index (κ2) is 6.41. The summed E-state index contributed by atoms with van der Waals surface area (Å²) in [5.41, 5.74) is -1.06. The Morgan fingerprint density at radius 3 is 2.65 bits per heavy atom. The maximum absolute atomic E-state index is 11.9. The molecule has 2 heterocycles. The molecule has 2 amide bonds. The smallest absolute Gasteiger partial charge is 0.315 e. The Balaban J connectivity index is 1.77. The highest BCUT2D eigenvalue weighted by Crippen LogP contribution is 2.28. The predicted octanol–water partition coefficient (Wildman–Crippen LogP) is 0.202. The van der Waals surface area contributed by atoms with Gasteiger partial charge in [0.1, 0.15) is 5.41 Å². The third-order valence-electron chi connectivity index (χ3n) is 4.14. The van der Waals surface area contributed by atoms with Gasteiger partial charge in [-0.1, -0.05) is 0 Å². The number of hydrogen-bond donors (Lipinski definition) is 3. The summed E-state index contributed by atoms with van der Waals surface area (Å²) in [6.45, 7) is 4.00. The van der Waals surface area contributed by atoms with Crippen molar-refractivity contribution in [3.8, 4) is 0 Å². The molecule has 0 aliphatic carbocycles. The van der Waals surface area contributed by atoms with Crippen LogP contribution in [0.25, 0.3) is 0 Å². The van der Waals surface area contributed by atoms with Crippen molar-refractivity contribution >= 4 is 12.0 Å². The van der Waals surface area contributed by atoms with Crippen LogP contribution >= 0.6 is 0 Å². The van der Waals surface area contributed by atoms with Crippen molar-refractivity contribution in [2.45, 2.75) is 25.8 Å². The highest BCUT2D eigenvalue weighted by molar-refractivity contribution is 5.79. The van der Waals surface area contributed by atoms with Gasteiger partial charge in [-0.05, 0) is 25.7 Å². The van der Waals surface area contributed by atoms with E-state index in [4.69, 9.17) is 9.47 Å². The summed E-state index contributed by atoms with van der Waals surface area (Å²) in [5.74, 6) is -0.523. The van der Waals surface area contributed by atoms with Gasteiger partial charge < -0.3 is 25.2 Å². The molecule has 20 heavy (non-hydrogen) atoms. The van der Waals surface area contributed by atoms with E-state index < -0.39 is 17.4 Å². The van der Waals surface area contributed by atoms with Crippen molar-refractivity contribution < 1.29 is 24.2 Å². The second-order valence-electron chi connectivity index (χ2n) is 5.70. The van der Waals surface area contributed by atoms with Crippen LogP contribution in [0.15, 0.2) is 0 Å². The fourth-order valence-electron chi connectivity index (χ4n) is 2.48. The summed E-state index contributed by atoms with van der Waals surface area (Å²) in [5, 5.41) is 14.7. The first-order chi connectivity index (χ1) is 9.52. The molecule has 2 atom stereocenters. The van der Waals surface area contributed by atoms with Crippen LogP contribution in [0.3, 0.4) is 0 Å². The van der Waals surface area contributed by atoms with Crippen molar-refractivity contribution in [1.82, 2.24) is 10.6 Å². The number of nitrogens with one attached hydrogen (secondary N) is 2. The first-order valence-corrected chi connectivity index (χ1v) is 6.95. The number of urea groups is 1. The van der Waals surface area contributed by atoms with Gasteiger partial charge in [0.25, 0.3) is 0 Å². The van der Waals surface area contributed by atoms with Crippen LogP contribution < -0.4 is 10.6 Å². The number of carboxylic acids is 1. The molecule has 0 bridgehead atoms. The molecule has 0 aromatic rings. The molecule has 114 valence electrons. The number of carbonyl (C=O) groups excluding carboxylic acids is 1. The summed E-state index contributed by atoms with van der Waals surface area (Å²) in [4.78, 5) is 23.1. The van der Waals surface area contributed by atoms with Crippen LogP contribution in [0.4, 0.5) is 4.79 Å². The predicted molar refractivity (Wildman–Crippen MR) is 70.4 cm³/mol. The minimum atomic E-state index is -1.06. The van der Waals surface area contributed by atoms with E-state index in [0.29, 0.717) is 12.5 Å². The van der Waals surface area contributed by atoms with Crippen molar-refractivity contribution in [2.75, 3.05) is 33.0 Å². The minimum Gasteiger partial charge on any atom is -0.481 e. The molecule has 2 saturated heterocycles. The van der Waals surface area contributed by atoms with Crippen LogP contribution in [0.2, 0.25) is 0 Å². The highest BCUT2D eigenvalue weighted by atomic mass is 16.5. The molecule has 2 aliphatic heterocycles. The van der Waals surface area contributed by atoms with Gasteiger partial charge in [-0.15, -0.1) is 0 Å². The van der Waals surface area contributed by atoms with Gasteiger partial charge in [-0.25, -0.2) is 4.79 Å². The molecule has 7 nitrogen and oxygen atoms in total. The van der Waals surface area contributed by atoms with Gasteiger partial charge in [0.2, 0.25) is 0 Å². The zero-order chi connectivity index (χ0) is 14.6. The standard InChI is InChI=1S/C13H22N2O5/c1-13(11(16)17)8-20-7-10(13)15-12(18)14-6-9-2-4-19-5-3-9/h9-10H,2-8H2,1H3,(H,16,17)(H2,14,15,18). The van der Waals surface area contributed by atoms with Crippen molar-refractivity contribution in [1.29, 1.82) is 0 Å². The number of carboxylic acid groups (broad SMARTS) is 1. The average Bonchev–Trinajstić information content (AvgIpc) is 2.80. The van der Waals surface area contributed by atoms with E-state index in [0.717, 1.165) is 26.1 Å². The Kier molecular flexibility index (Phi) is 4.82. The Hall–Kier alpha value is -1.34. The van der Waals surface area contributed by atoms with Crippen molar-refractivity contribution in [3.63, 3.8) is 0 Å². The van der Waals surface area contributed by atoms with E-state index in [2.05, 4.69) is 10.6 Å². The fraction of sp³-hybridized carbons (Fsp3) is 0.846.